The highest BCUT2D eigenvalue weighted by molar-refractivity contribution is 6.35. The third kappa shape index (κ3) is 6.14. The summed E-state index contributed by atoms with van der Waals surface area (Å²) >= 11 is 11.7. The molecule has 1 amide bonds. The van der Waals surface area contributed by atoms with Gasteiger partial charge < -0.3 is 14.8 Å². The van der Waals surface area contributed by atoms with E-state index in [4.69, 9.17) is 32.7 Å². The lowest BCUT2D eigenvalue weighted by Crippen LogP contribution is -2.20. The van der Waals surface area contributed by atoms with Crippen molar-refractivity contribution in [2.75, 3.05) is 19.0 Å². The van der Waals surface area contributed by atoms with Crippen LogP contribution < -0.4 is 10.1 Å². The van der Waals surface area contributed by atoms with Crippen LogP contribution in [0.15, 0.2) is 48.5 Å². The first kappa shape index (κ1) is 18.8. The summed E-state index contributed by atoms with van der Waals surface area (Å²) in [7, 11) is 1.54. The Hall–Kier alpha value is -2.50. The number of methoxy groups -OCH3 is 1. The van der Waals surface area contributed by atoms with Crippen molar-refractivity contribution < 1.29 is 19.1 Å². The Bertz CT molecular complexity index is 785. The molecule has 0 unspecified atom stereocenters. The van der Waals surface area contributed by atoms with Gasteiger partial charge in [-0.1, -0.05) is 41.4 Å². The van der Waals surface area contributed by atoms with Gasteiger partial charge in [-0.2, -0.15) is 0 Å². The van der Waals surface area contributed by atoms with Crippen LogP contribution in [0, 0.1) is 0 Å². The number of benzene rings is 2. The van der Waals surface area contributed by atoms with Gasteiger partial charge in [-0.25, -0.2) is 4.79 Å². The molecule has 0 aliphatic heterocycles. The third-order valence-electron chi connectivity index (χ3n) is 3.03. The largest absolute Gasteiger partial charge is 0.496 e. The van der Waals surface area contributed by atoms with Gasteiger partial charge in [0.15, 0.2) is 6.61 Å². The summed E-state index contributed by atoms with van der Waals surface area (Å²) in [5.41, 5.74) is 1.14. The minimum atomic E-state index is -0.648. The smallest absolute Gasteiger partial charge is 0.331 e. The van der Waals surface area contributed by atoms with Crippen molar-refractivity contribution in [1.82, 2.24) is 0 Å². The SMILES string of the molecule is COc1ccccc1/C=C/C(=O)OCC(=O)Nc1cc(Cl)cc(Cl)c1. The molecule has 0 heterocycles. The number of nitrogens with one attached hydrogen (secondary N) is 1. The molecule has 0 aliphatic carbocycles. The molecule has 0 aromatic heterocycles. The van der Waals surface area contributed by atoms with E-state index in [9.17, 15) is 9.59 Å². The lowest BCUT2D eigenvalue weighted by atomic mass is 10.2. The van der Waals surface area contributed by atoms with E-state index >= 15 is 0 Å². The summed E-state index contributed by atoms with van der Waals surface area (Å²) in [5, 5.41) is 3.32. The van der Waals surface area contributed by atoms with Gasteiger partial charge in [0, 0.05) is 27.4 Å². The van der Waals surface area contributed by atoms with Crippen LogP contribution in [0.3, 0.4) is 0 Å². The van der Waals surface area contributed by atoms with Crippen molar-refractivity contribution in [3.8, 4) is 5.75 Å². The van der Waals surface area contributed by atoms with Gasteiger partial charge in [0.1, 0.15) is 5.75 Å². The molecule has 2 aromatic carbocycles. The van der Waals surface area contributed by atoms with Crippen LogP contribution in [0.5, 0.6) is 5.75 Å². The summed E-state index contributed by atoms with van der Waals surface area (Å²) < 4.78 is 10.1. The fourth-order valence-electron chi connectivity index (χ4n) is 1.97. The summed E-state index contributed by atoms with van der Waals surface area (Å²) in [6.07, 6.45) is 2.78. The molecule has 25 heavy (non-hydrogen) atoms. The maximum Gasteiger partial charge on any atom is 0.331 e. The van der Waals surface area contributed by atoms with Crippen molar-refractivity contribution in [3.05, 3.63) is 64.1 Å². The van der Waals surface area contributed by atoms with E-state index in [1.165, 1.54) is 25.3 Å². The van der Waals surface area contributed by atoms with E-state index in [2.05, 4.69) is 5.32 Å². The first-order valence-electron chi connectivity index (χ1n) is 7.22. The second-order valence-electron chi connectivity index (χ2n) is 4.89. The maximum atomic E-state index is 11.8. The van der Waals surface area contributed by atoms with Crippen LogP contribution >= 0.6 is 23.2 Å². The second-order valence-corrected chi connectivity index (χ2v) is 5.76. The number of ether oxygens (including phenoxy) is 2. The minimum absolute atomic E-state index is 0.388. The lowest BCUT2D eigenvalue weighted by molar-refractivity contribution is -0.142. The molecule has 130 valence electrons. The quantitative estimate of drug-likeness (QED) is 0.603. The number of hydrogen-bond acceptors (Lipinski definition) is 4. The van der Waals surface area contributed by atoms with Crippen LogP contribution in [0.1, 0.15) is 5.56 Å². The first-order chi connectivity index (χ1) is 12.0. The van der Waals surface area contributed by atoms with Crippen molar-refractivity contribution >= 4 is 46.8 Å². The van der Waals surface area contributed by atoms with E-state index in [1.807, 2.05) is 12.1 Å². The molecule has 2 aromatic rings. The zero-order chi connectivity index (χ0) is 18.2. The number of rotatable bonds is 6. The molecule has 7 heteroatoms. The Kier molecular flexibility index (Phi) is 6.86. The molecule has 5 nitrogen and oxygen atoms in total. The van der Waals surface area contributed by atoms with Crippen LogP contribution in [-0.2, 0) is 14.3 Å². The molecule has 1 N–H and O–H groups in total. The molecular weight excluding hydrogens is 365 g/mol. The topological polar surface area (TPSA) is 64.6 Å². The van der Waals surface area contributed by atoms with Crippen molar-refractivity contribution in [2.24, 2.45) is 0 Å². The number of hydrogen-bond donors (Lipinski definition) is 1. The third-order valence-corrected chi connectivity index (χ3v) is 3.47. The highest BCUT2D eigenvalue weighted by Crippen LogP contribution is 2.22. The Morgan fingerprint density at radius 1 is 1.12 bits per heavy atom. The molecule has 0 saturated heterocycles. The second kappa shape index (κ2) is 9.11. The molecule has 0 bridgehead atoms. The summed E-state index contributed by atoms with van der Waals surface area (Å²) in [6, 6.07) is 11.8. The van der Waals surface area contributed by atoms with Crippen LogP contribution in [0.25, 0.3) is 6.08 Å². The van der Waals surface area contributed by atoms with Gasteiger partial charge in [-0.05, 0) is 30.3 Å². The van der Waals surface area contributed by atoms with Crippen molar-refractivity contribution in [2.45, 2.75) is 0 Å². The summed E-state index contributed by atoms with van der Waals surface area (Å²) in [4.78, 5) is 23.5. The number of anilines is 1. The standard InChI is InChI=1S/C18H15Cl2NO4/c1-24-16-5-3-2-4-12(16)6-7-18(23)25-11-17(22)21-15-9-13(19)8-14(20)10-15/h2-10H,11H2,1H3,(H,21,22)/b7-6+. The fraction of sp³-hybridized carbons (Fsp3) is 0.111. The predicted octanol–water partition coefficient (Wildman–Crippen LogP) is 4.20. The average Bonchev–Trinajstić information content (AvgIpc) is 2.57. The predicted molar refractivity (Wildman–Crippen MR) is 98.1 cm³/mol. The number of carbonyl (C=O) groups is 2. The molecule has 0 spiro atoms. The number of esters is 1. The normalized spacial score (nSPS) is 10.5. The van der Waals surface area contributed by atoms with Crippen molar-refractivity contribution in [1.29, 1.82) is 0 Å². The molecule has 0 saturated carbocycles. The molecular formula is C18H15Cl2NO4. The van der Waals surface area contributed by atoms with Crippen LogP contribution in [0.4, 0.5) is 5.69 Å². The molecule has 0 fully saturated rings. The van der Waals surface area contributed by atoms with Gasteiger partial charge in [0.25, 0.3) is 5.91 Å². The first-order valence-corrected chi connectivity index (χ1v) is 7.97. The number of halogens is 2. The fourth-order valence-corrected chi connectivity index (χ4v) is 2.50. The molecule has 0 aliphatic rings. The molecule has 0 atom stereocenters. The monoisotopic (exact) mass is 379 g/mol. The van der Waals surface area contributed by atoms with Gasteiger partial charge in [-0.3, -0.25) is 4.79 Å². The van der Waals surface area contributed by atoms with E-state index < -0.39 is 18.5 Å². The Morgan fingerprint density at radius 2 is 1.80 bits per heavy atom. The van der Waals surface area contributed by atoms with Gasteiger partial charge in [0.2, 0.25) is 0 Å². The van der Waals surface area contributed by atoms with E-state index in [0.717, 1.165) is 5.56 Å². The lowest BCUT2D eigenvalue weighted by Gasteiger charge is -2.06. The number of amides is 1. The van der Waals surface area contributed by atoms with Gasteiger partial charge in [0.05, 0.1) is 7.11 Å². The molecule has 0 radical (unpaired) electrons. The Balaban J connectivity index is 1.86. The van der Waals surface area contributed by atoms with Gasteiger partial charge in [-0.15, -0.1) is 0 Å². The highest BCUT2D eigenvalue weighted by Gasteiger charge is 2.07. The van der Waals surface area contributed by atoms with E-state index in [0.29, 0.717) is 21.5 Å². The van der Waals surface area contributed by atoms with Gasteiger partial charge >= 0.3 is 5.97 Å². The van der Waals surface area contributed by atoms with Crippen LogP contribution in [0.2, 0.25) is 10.0 Å². The minimum Gasteiger partial charge on any atom is -0.496 e. The van der Waals surface area contributed by atoms with E-state index in [-0.39, 0.29) is 0 Å². The Morgan fingerprint density at radius 3 is 2.48 bits per heavy atom. The number of para-hydroxylation sites is 1. The van der Waals surface area contributed by atoms with E-state index in [1.54, 1.807) is 24.3 Å². The van der Waals surface area contributed by atoms with Crippen molar-refractivity contribution in [3.63, 3.8) is 0 Å². The molecule has 2 rings (SSSR count). The zero-order valence-electron chi connectivity index (χ0n) is 13.3. The number of carbonyl (C=O) groups excluding carboxylic acids is 2. The average molecular weight is 380 g/mol. The highest BCUT2D eigenvalue weighted by atomic mass is 35.5. The maximum absolute atomic E-state index is 11.8. The summed E-state index contributed by atoms with van der Waals surface area (Å²) in [5.74, 6) is -0.523. The summed E-state index contributed by atoms with van der Waals surface area (Å²) in [6.45, 7) is -0.431. The van der Waals surface area contributed by atoms with Crippen LogP contribution in [-0.4, -0.2) is 25.6 Å². The Labute approximate surface area is 155 Å². The zero-order valence-corrected chi connectivity index (χ0v) is 14.8.